The summed E-state index contributed by atoms with van der Waals surface area (Å²) >= 11 is 0. The number of aromatic nitrogens is 3. The Morgan fingerprint density at radius 1 is 1.17 bits per heavy atom. The Labute approximate surface area is 170 Å². The summed E-state index contributed by atoms with van der Waals surface area (Å²) in [4.78, 5) is 27.2. The van der Waals surface area contributed by atoms with Crippen molar-refractivity contribution in [3.63, 3.8) is 0 Å². The van der Waals surface area contributed by atoms with Crippen LogP contribution in [-0.4, -0.2) is 57.5 Å². The van der Waals surface area contributed by atoms with E-state index in [1.165, 1.54) is 10.2 Å². The number of morpholine rings is 1. The molecule has 0 aliphatic carbocycles. The van der Waals surface area contributed by atoms with Crippen LogP contribution in [-0.2, 0) is 35.6 Å². The summed E-state index contributed by atoms with van der Waals surface area (Å²) in [5.41, 5.74) is 1.09. The third-order valence-electron chi connectivity index (χ3n) is 5.57. The number of benzene rings is 1. The lowest BCUT2D eigenvalue weighted by atomic mass is 10.2. The van der Waals surface area contributed by atoms with Gasteiger partial charge in [-0.05, 0) is 18.4 Å². The number of aryl methyl sites for hydroxylation is 1. The van der Waals surface area contributed by atoms with Crippen LogP contribution in [0.25, 0.3) is 0 Å². The van der Waals surface area contributed by atoms with E-state index < -0.39 is 0 Å². The van der Waals surface area contributed by atoms with Crippen molar-refractivity contribution in [3.8, 4) is 0 Å². The second-order valence-electron chi connectivity index (χ2n) is 7.84. The predicted molar refractivity (Wildman–Crippen MR) is 109 cm³/mol. The van der Waals surface area contributed by atoms with Crippen LogP contribution in [0.4, 0.5) is 0 Å². The van der Waals surface area contributed by atoms with Crippen LogP contribution >= 0.6 is 0 Å². The maximum Gasteiger partial charge on any atom is 0.346 e. The third kappa shape index (κ3) is 5.13. The minimum absolute atomic E-state index is 0.0424. The first-order valence-corrected chi connectivity index (χ1v) is 10.5. The molecule has 2 aliphatic rings. The first-order valence-electron chi connectivity index (χ1n) is 10.5. The van der Waals surface area contributed by atoms with Gasteiger partial charge >= 0.3 is 5.69 Å². The van der Waals surface area contributed by atoms with E-state index in [2.05, 4.69) is 27.4 Å². The van der Waals surface area contributed by atoms with E-state index in [-0.39, 0.29) is 24.2 Å². The minimum Gasteiger partial charge on any atom is -0.374 e. The molecule has 0 bridgehead atoms. The Morgan fingerprint density at radius 2 is 2.03 bits per heavy atom. The van der Waals surface area contributed by atoms with Gasteiger partial charge in [0, 0.05) is 39.1 Å². The Kier molecular flexibility index (Phi) is 6.41. The summed E-state index contributed by atoms with van der Waals surface area (Å²) in [7, 11) is 0. The van der Waals surface area contributed by atoms with E-state index in [1.807, 2.05) is 18.2 Å². The zero-order valence-electron chi connectivity index (χ0n) is 16.8. The molecule has 0 spiro atoms. The van der Waals surface area contributed by atoms with Gasteiger partial charge in [-0.25, -0.2) is 9.48 Å². The Morgan fingerprint density at radius 3 is 2.90 bits per heavy atom. The van der Waals surface area contributed by atoms with Crippen LogP contribution in [0.1, 0.15) is 30.7 Å². The summed E-state index contributed by atoms with van der Waals surface area (Å²) in [6, 6.07) is 10.4. The smallest absolute Gasteiger partial charge is 0.346 e. The van der Waals surface area contributed by atoms with Gasteiger partial charge in [-0.2, -0.15) is 5.10 Å². The molecule has 4 rings (SSSR count). The van der Waals surface area contributed by atoms with E-state index in [0.717, 1.165) is 51.1 Å². The van der Waals surface area contributed by atoms with Crippen LogP contribution in [0.15, 0.2) is 35.1 Å². The average Bonchev–Trinajstić information content (AvgIpc) is 2.89. The molecule has 1 fully saturated rings. The number of fused-ring (bicyclic) bond motifs is 1. The monoisotopic (exact) mass is 399 g/mol. The molecule has 1 unspecified atom stereocenters. The van der Waals surface area contributed by atoms with Crippen molar-refractivity contribution in [2.24, 2.45) is 0 Å². The molecular weight excluding hydrogens is 370 g/mol. The molecule has 8 nitrogen and oxygen atoms in total. The molecule has 0 radical (unpaired) electrons. The molecule has 1 aromatic heterocycles. The van der Waals surface area contributed by atoms with Crippen molar-refractivity contribution in [2.75, 3.05) is 26.2 Å². The molecule has 0 saturated carbocycles. The van der Waals surface area contributed by atoms with Gasteiger partial charge in [-0.15, -0.1) is 0 Å². The normalized spacial score (nSPS) is 20.1. The van der Waals surface area contributed by atoms with Gasteiger partial charge < -0.3 is 10.1 Å². The highest BCUT2D eigenvalue weighted by Crippen LogP contribution is 2.11. The fraction of sp³-hybridized carbons (Fsp3) is 0.571. The number of amides is 1. The minimum atomic E-state index is -0.204. The highest BCUT2D eigenvalue weighted by atomic mass is 16.5. The van der Waals surface area contributed by atoms with Gasteiger partial charge in [0.1, 0.15) is 12.4 Å². The van der Waals surface area contributed by atoms with E-state index in [9.17, 15) is 9.59 Å². The Bertz CT molecular complexity index is 876. The lowest BCUT2D eigenvalue weighted by Crippen LogP contribution is -2.47. The molecule has 1 amide bonds. The molecule has 1 atom stereocenters. The third-order valence-corrected chi connectivity index (χ3v) is 5.57. The lowest BCUT2D eigenvalue weighted by molar-refractivity contribution is -0.123. The molecule has 8 heteroatoms. The summed E-state index contributed by atoms with van der Waals surface area (Å²) in [5, 5.41) is 7.28. The van der Waals surface area contributed by atoms with Crippen molar-refractivity contribution in [3.05, 3.63) is 52.2 Å². The van der Waals surface area contributed by atoms with Crippen molar-refractivity contribution in [2.45, 2.75) is 51.4 Å². The zero-order valence-corrected chi connectivity index (χ0v) is 16.8. The molecule has 2 aliphatic heterocycles. The number of rotatable bonds is 6. The molecule has 1 saturated heterocycles. The average molecular weight is 399 g/mol. The molecule has 29 heavy (non-hydrogen) atoms. The second kappa shape index (κ2) is 9.37. The van der Waals surface area contributed by atoms with Crippen LogP contribution in [0.2, 0.25) is 0 Å². The lowest BCUT2D eigenvalue weighted by Gasteiger charge is -2.33. The van der Waals surface area contributed by atoms with Gasteiger partial charge in [0.15, 0.2) is 0 Å². The van der Waals surface area contributed by atoms with Crippen molar-refractivity contribution in [1.82, 2.24) is 24.6 Å². The summed E-state index contributed by atoms with van der Waals surface area (Å²) in [6.07, 6.45) is 3.90. The summed E-state index contributed by atoms with van der Waals surface area (Å²) in [6.45, 7) is 4.28. The number of carbonyl (C=O) groups excluding carboxylic acids is 1. The molecule has 2 aromatic rings. The molecular formula is C21H29N5O3. The highest BCUT2D eigenvalue weighted by molar-refractivity contribution is 5.75. The molecule has 1 N–H and O–H groups in total. The summed E-state index contributed by atoms with van der Waals surface area (Å²) < 4.78 is 8.81. The van der Waals surface area contributed by atoms with Gasteiger partial charge in [0.2, 0.25) is 5.91 Å². The van der Waals surface area contributed by atoms with Gasteiger partial charge in [-0.3, -0.25) is 14.3 Å². The quantitative estimate of drug-likeness (QED) is 0.777. The van der Waals surface area contributed by atoms with Crippen LogP contribution in [0.5, 0.6) is 0 Å². The van der Waals surface area contributed by atoms with Crippen molar-refractivity contribution < 1.29 is 9.53 Å². The first-order chi connectivity index (χ1) is 14.2. The molecule has 1 aromatic carbocycles. The number of nitrogens with one attached hydrogen (secondary N) is 1. The van der Waals surface area contributed by atoms with Crippen LogP contribution in [0, 0.1) is 0 Å². The fourth-order valence-electron chi connectivity index (χ4n) is 4.04. The zero-order chi connectivity index (χ0) is 20.1. The first kappa shape index (κ1) is 19.8. The molecule has 3 heterocycles. The topological polar surface area (TPSA) is 81.4 Å². The fourth-order valence-corrected chi connectivity index (χ4v) is 4.04. The standard InChI is InChI=1S/C21H29N5O3/c27-20(16-26-21(28)25-10-6-2-5-9-19(25)23-26)22-13-18-15-24(11-12-29-18)14-17-7-3-1-4-8-17/h1,3-4,7-8,18H,2,5-6,9-16H2,(H,22,27). The number of carbonyl (C=O) groups is 1. The Hall–Kier alpha value is -2.45. The van der Waals surface area contributed by atoms with E-state index >= 15 is 0 Å². The number of hydrogen-bond donors (Lipinski definition) is 1. The van der Waals surface area contributed by atoms with E-state index in [0.29, 0.717) is 19.7 Å². The number of hydrogen-bond acceptors (Lipinski definition) is 5. The van der Waals surface area contributed by atoms with E-state index in [1.54, 1.807) is 4.57 Å². The van der Waals surface area contributed by atoms with Gasteiger partial charge in [0.25, 0.3) is 0 Å². The predicted octanol–water partition coefficient (Wildman–Crippen LogP) is 0.788. The summed E-state index contributed by atoms with van der Waals surface area (Å²) in [5.74, 6) is 0.594. The Balaban J connectivity index is 1.27. The largest absolute Gasteiger partial charge is 0.374 e. The van der Waals surface area contributed by atoms with Gasteiger partial charge in [0.05, 0.1) is 12.7 Å². The SMILES string of the molecule is O=C(Cn1nc2n(c1=O)CCCCC2)NCC1CN(Cc2ccccc2)CCO1. The second-order valence-corrected chi connectivity index (χ2v) is 7.84. The number of ether oxygens (including phenoxy) is 1. The van der Waals surface area contributed by atoms with Crippen LogP contribution in [0.3, 0.4) is 0 Å². The highest BCUT2D eigenvalue weighted by Gasteiger charge is 2.22. The number of nitrogens with zero attached hydrogens (tertiary/aromatic N) is 4. The van der Waals surface area contributed by atoms with E-state index in [4.69, 9.17) is 4.74 Å². The van der Waals surface area contributed by atoms with Crippen molar-refractivity contribution >= 4 is 5.91 Å². The molecule has 156 valence electrons. The van der Waals surface area contributed by atoms with Crippen LogP contribution < -0.4 is 11.0 Å². The van der Waals surface area contributed by atoms with Crippen molar-refractivity contribution in [1.29, 1.82) is 0 Å². The van der Waals surface area contributed by atoms with Gasteiger partial charge in [-0.1, -0.05) is 36.8 Å². The maximum atomic E-state index is 12.5. The maximum absolute atomic E-state index is 12.5.